The van der Waals surface area contributed by atoms with E-state index in [1.807, 2.05) is 0 Å². The number of hydrogen-bond acceptors (Lipinski definition) is 2. The van der Waals surface area contributed by atoms with Crippen LogP contribution in [0.2, 0.25) is 0 Å². The van der Waals surface area contributed by atoms with Crippen molar-refractivity contribution >= 4 is 0 Å². The molecule has 1 atom stereocenters. The van der Waals surface area contributed by atoms with E-state index in [0.29, 0.717) is 12.5 Å². The number of nitrogens with one attached hydrogen (secondary N) is 1. The molecule has 2 nitrogen and oxygen atoms in total. The predicted octanol–water partition coefficient (Wildman–Crippen LogP) is 1.56. The van der Waals surface area contributed by atoms with Crippen LogP contribution in [0.3, 0.4) is 0 Å². The second-order valence-corrected chi connectivity index (χ2v) is 3.80. The van der Waals surface area contributed by atoms with Gasteiger partial charge in [0.05, 0.1) is 6.54 Å². The third kappa shape index (κ3) is 4.15. The van der Waals surface area contributed by atoms with Gasteiger partial charge in [-0.2, -0.15) is 0 Å². The smallest absolute Gasteiger partial charge is 0.282 e. The van der Waals surface area contributed by atoms with Gasteiger partial charge in [0.15, 0.2) is 0 Å². The Hall–Kier alpha value is -0.480. The van der Waals surface area contributed by atoms with Gasteiger partial charge in [-0.3, -0.25) is 0 Å². The lowest BCUT2D eigenvalue weighted by Gasteiger charge is -2.20. The molecule has 0 spiro atoms. The summed E-state index contributed by atoms with van der Waals surface area (Å²) in [5.74, 6) is -2.51. The highest BCUT2D eigenvalue weighted by Gasteiger charge is 2.27. The third-order valence-corrected chi connectivity index (χ3v) is 2.43. The van der Waals surface area contributed by atoms with Gasteiger partial charge >= 0.3 is 0 Å². The molecule has 0 saturated heterocycles. The minimum Gasteiger partial charge on any atom is -0.390 e. The van der Waals surface area contributed by atoms with Crippen LogP contribution in [0, 0.1) is 5.92 Å². The fourth-order valence-corrected chi connectivity index (χ4v) is 1.56. The van der Waals surface area contributed by atoms with E-state index in [2.05, 4.69) is 17.5 Å². The number of aliphatic hydroxyl groups is 1. The molecule has 0 aliphatic heterocycles. The first kappa shape index (κ1) is 11.6. The van der Waals surface area contributed by atoms with Gasteiger partial charge in [0.25, 0.3) is 5.92 Å². The maximum Gasteiger partial charge on any atom is 0.282 e. The Balaban J connectivity index is 2.11. The van der Waals surface area contributed by atoms with E-state index in [0.717, 1.165) is 19.3 Å². The molecule has 0 aromatic heterocycles. The topological polar surface area (TPSA) is 32.3 Å². The highest BCUT2D eigenvalue weighted by molar-refractivity contribution is 4.90. The van der Waals surface area contributed by atoms with Crippen molar-refractivity contribution in [3.8, 4) is 0 Å². The van der Waals surface area contributed by atoms with Crippen LogP contribution in [0.15, 0.2) is 12.2 Å². The van der Waals surface area contributed by atoms with E-state index in [-0.39, 0.29) is 0 Å². The molecule has 14 heavy (non-hydrogen) atoms. The summed E-state index contributed by atoms with van der Waals surface area (Å²) in [6, 6.07) is 0. The van der Waals surface area contributed by atoms with Gasteiger partial charge in [-0.15, -0.1) is 0 Å². The molecule has 0 amide bonds. The van der Waals surface area contributed by atoms with Crippen molar-refractivity contribution in [3.63, 3.8) is 0 Å². The zero-order valence-corrected chi connectivity index (χ0v) is 8.18. The van der Waals surface area contributed by atoms with Gasteiger partial charge in [0.1, 0.15) is 6.61 Å². The number of halogens is 2. The summed E-state index contributed by atoms with van der Waals surface area (Å²) in [6.45, 7) is -0.895. The average molecular weight is 205 g/mol. The van der Waals surface area contributed by atoms with Gasteiger partial charge < -0.3 is 10.4 Å². The molecule has 0 aromatic carbocycles. The predicted molar refractivity (Wildman–Crippen MR) is 51.4 cm³/mol. The first-order valence-electron chi connectivity index (χ1n) is 4.98. The summed E-state index contributed by atoms with van der Waals surface area (Å²) in [5, 5.41) is 11.0. The van der Waals surface area contributed by atoms with Gasteiger partial charge in [0, 0.05) is 0 Å². The Morgan fingerprint density at radius 3 is 2.79 bits per heavy atom. The molecule has 0 aromatic rings. The summed E-state index contributed by atoms with van der Waals surface area (Å²) in [6.07, 6.45) is 7.30. The fraction of sp³-hybridized carbons (Fsp3) is 0.800. The number of alkyl halides is 2. The summed E-state index contributed by atoms with van der Waals surface area (Å²) < 4.78 is 25.2. The normalized spacial score (nSPS) is 22.6. The van der Waals surface area contributed by atoms with Crippen LogP contribution in [0.1, 0.15) is 19.3 Å². The summed E-state index contributed by atoms with van der Waals surface area (Å²) in [4.78, 5) is 0. The molecule has 0 fully saturated rings. The van der Waals surface area contributed by atoms with Gasteiger partial charge in [0.2, 0.25) is 0 Å². The SMILES string of the molecule is OCC(F)(F)CNCC1CC=CCC1. The van der Waals surface area contributed by atoms with Crippen LogP contribution in [0.5, 0.6) is 0 Å². The maximum atomic E-state index is 12.6. The minimum absolute atomic E-state index is 0.427. The molecule has 1 rings (SSSR count). The number of aliphatic hydroxyl groups excluding tert-OH is 1. The first-order chi connectivity index (χ1) is 6.64. The third-order valence-electron chi connectivity index (χ3n) is 2.43. The van der Waals surface area contributed by atoms with E-state index in [1.165, 1.54) is 0 Å². The summed E-state index contributed by atoms with van der Waals surface area (Å²) in [7, 11) is 0. The summed E-state index contributed by atoms with van der Waals surface area (Å²) in [5.41, 5.74) is 0. The van der Waals surface area contributed by atoms with Gasteiger partial charge in [-0.25, -0.2) is 8.78 Å². The lowest BCUT2D eigenvalue weighted by molar-refractivity contribution is -0.0479. The highest BCUT2D eigenvalue weighted by Crippen LogP contribution is 2.17. The van der Waals surface area contributed by atoms with Crippen LogP contribution in [-0.4, -0.2) is 30.7 Å². The Morgan fingerprint density at radius 1 is 1.43 bits per heavy atom. The summed E-state index contributed by atoms with van der Waals surface area (Å²) >= 11 is 0. The van der Waals surface area contributed by atoms with Gasteiger partial charge in [-0.05, 0) is 31.7 Å². The molecule has 82 valence electrons. The number of rotatable bonds is 5. The molecule has 0 bridgehead atoms. The molecule has 0 radical (unpaired) electrons. The number of hydrogen-bond donors (Lipinski definition) is 2. The standard InChI is InChI=1S/C10H17F2NO/c11-10(12,8-14)7-13-6-9-4-2-1-3-5-9/h1-2,9,13-14H,3-8H2. The molecule has 0 heterocycles. The zero-order valence-electron chi connectivity index (χ0n) is 8.18. The monoisotopic (exact) mass is 205 g/mol. The molecule has 1 aliphatic rings. The zero-order chi connectivity index (χ0) is 10.4. The van der Waals surface area contributed by atoms with Crippen molar-refractivity contribution in [3.05, 3.63) is 12.2 Å². The van der Waals surface area contributed by atoms with E-state index in [1.54, 1.807) is 0 Å². The molecule has 2 N–H and O–H groups in total. The van der Waals surface area contributed by atoms with Crippen LogP contribution in [0.4, 0.5) is 8.78 Å². The van der Waals surface area contributed by atoms with Crippen molar-refractivity contribution in [2.45, 2.75) is 25.2 Å². The van der Waals surface area contributed by atoms with Crippen LogP contribution >= 0.6 is 0 Å². The molecule has 1 unspecified atom stereocenters. The Morgan fingerprint density at radius 2 is 2.21 bits per heavy atom. The molecule has 1 aliphatic carbocycles. The van der Waals surface area contributed by atoms with Crippen molar-refractivity contribution in [1.29, 1.82) is 0 Å². The Bertz CT molecular complexity index is 195. The van der Waals surface area contributed by atoms with Crippen molar-refractivity contribution in [2.75, 3.05) is 19.7 Å². The lowest BCUT2D eigenvalue weighted by atomic mass is 9.94. The Labute approximate surface area is 83.0 Å². The fourth-order valence-electron chi connectivity index (χ4n) is 1.56. The minimum atomic E-state index is -2.98. The van der Waals surface area contributed by atoms with Crippen LogP contribution in [-0.2, 0) is 0 Å². The molecule has 4 heteroatoms. The second kappa shape index (κ2) is 5.41. The maximum absolute atomic E-state index is 12.6. The van der Waals surface area contributed by atoms with Crippen molar-refractivity contribution in [2.24, 2.45) is 5.92 Å². The molecular formula is C10H17F2NO. The first-order valence-corrected chi connectivity index (χ1v) is 4.98. The van der Waals surface area contributed by atoms with Crippen molar-refractivity contribution < 1.29 is 13.9 Å². The van der Waals surface area contributed by atoms with Crippen LogP contribution < -0.4 is 5.32 Å². The largest absolute Gasteiger partial charge is 0.390 e. The Kier molecular flexibility index (Phi) is 4.48. The average Bonchev–Trinajstić information content (AvgIpc) is 2.19. The van der Waals surface area contributed by atoms with E-state index < -0.39 is 19.1 Å². The second-order valence-electron chi connectivity index (χ2n) is 3.80. The molecular weight excluding hydrogens is 188 g/mol. The molecule has 0 saturated carbocycles. The van der Waals surface area contributed by atoms with E-state index >= 15 is 0 Å². The van der Waals surface area contributed by atoms with E-state index in [9.17, 15) is 8.78 Å². The van der Waals surface area contributed by atoms with Gasteiger partial charge in [-0.1, -0.05) is 12.2 Å². The van der Waals surface area contributed by atoms with Crippen molar-refractivity contribution in [1.82, 2.24) is 5.32 Å². The quantitative estimate of drug-likeness (QED) is 0.668. The lowest BCUT2D eigenvalue weighted by Crippen LogP contribution is -2.38. The van der Waals surface area contributed by atoms with Crippen LogP contribution in [0.25, 0.3) is 0 Å². The highest BCUT2D eigenvalue weighted by atomic mass is 19.3. The number of allylic oxidation sites excluding steroid dienone is 2. The van der Waals surface area contributed by atoms with E-state index in [4.69, 9.17) is 5.11 Å².